The minimum absolute atomic E-state index is 0.305. The first-order chi connectivity index (χ1) is 8.73. The summed E-state index contributed by atoms with van der Waals surface area (Å²) in [4.78, 5) is 4.66. The molecule has 4 heteroatoms. The molecule has 0 saturated heterocycles. The van der Waals surface area contributed by atoms with Crippen molar-refractivity contribution in [2.75, 3.05) is 0 Å². The van der Waals surface area contributed by atoms with Gasteiger partial charge in [-0.3, -0.25) is 0 Å². The number of thiazole rings is 1. The average molecular weight is 319 g/mol. The number of nitriles is 1. The molecule has 0 radical (unpaired) electrons. The summed E-state index contributed by atoms with van der Waals surface area (Å²) in [5.41, 5.74) is 1.75. The molecule has 2 aromatic rings. The highest BCUT2D eigenvalue weighted by atomic mass is 79.9. The van der Waals surface area contributed by atoms with Crippen LogP contribution in [0.3, 0.4) is 0 Å². The molecule has 3 rings (SSSR count). The highest BCUT2D eigenvalue weighted by molar-refractivity contribution is 9.10. The Morgan fingerprint density at radius 2 is 2.22 bits per heavy atom. The lowest BCUT2D eigenvalue weighted by atomic mass is 9.68. The molecule has 0 amide bonds. The zero-order valence-corrected chi connectivity index (χ0v) is 12.1. The molecule has 1 aromatic heterocycles. The van der Waals surface area contributed by atoms with Crippen molar-refractivity contribution in [2.24, 2.45) is 0 Å². The first-order valence-electron chi connectivity index (χ1n) is 5.87. The number of rotatable bonds is 2. The molecule has 0 aliphatic heterocycles. The van der Waals surface area contributed by atoms with Gasteiger partial charge < -0.3 is 0 Å². The Kier molecular flexibility index (Phi) is 2.96. The summed E-state index contributed by atoms with van der Waals surface area (Å²) in [5.74, 6) is 0. The molecule has 0 N–H and O–H groups in total. The van der Waals surface area contributed by atoms with Gasteiger partial charge in [-0.1, -0.05) is 28.1 Å². The van der Waals surface area contributed by atoms with Crippen LogP contribution < -0.4 is 0 Å². The van der Waals surface area contributed by atoms with E-state index in [9.17, 15) is 5.26 Å². The molecule has 90 valence electrons. The lowest BCUT2D eigenvalue weighted by molar-refractivity contribution is 0.317. The maximum atomic E-state index is 9.32. The molecule has 0 bridgehead atoms. The van der Waals surface area contributed by atoms with E-state index in [0.717, 1.165) is 40.0 Å². The van der Waals surface area contributed by atoms with E-state index < -0.39 is 0 Å². The maximum Gasteiger partial charge on any atom is 0.123 e. The van der Waals surface area contributed by atoms with Crippen LogP contribution in [0.5, 0.6) is 0 Å². The normalized spacial score (nSPS) is 16.9. The Hall–Kier alpha value is -1.18. The van der Waals surface area contributed by atoms with E-state index in [-0.39, 0.29) is 5.41 Å². The fourth-order valence-corrected chi connectivity index (χ4v) is 3.52. The fourth-order valence-electron chi connectivity index (χ4n) is 2.20. The number of hydrogen-bond donors (Lipinski definition) is 0. The van der Waals surface area contributed by atoms with Crippen molar-refractivity contribution in [3.05, 3.63) is 39.8 Å². The second-order valence-corrected chi connectivity index (χ2v) is 6.37. The molecule has 1 aliphatic rings. The largest absolute Gasteiger partial charge is 0.239 e. The SMILES string of the molecule is N#CC1(c2csc(-c3cccc(Br)c3)n2)CCC1. The Labute approximate surface area is 118 Å². The number of halogens is 1. The molecule has 1 heterocycles. The van der Waals surface area contributed by atoms with Crippen molar-refractivity contribution in [1.29, 1.82) is 5.26 Å². The number of aromatic nitrogens is 1. The Morgan fingerprint density at radius 3 is 2.83 bits per heavy atom. The van der Waals surface area contributed by atoms with E-state index in [4.69, 9.17) is 0 Å². The van der Waals surface area contributed by atoms with Gasteiger partial charge in [0.25, 0.3) is 0 Å². The third kappa shape index (κ3) is 1.88. The van der Waals surface area contributed by atoms with Crippen LogP contribution in [0.1, 0.15) is 25.0 Å². The molecule has 0 atom stereocenters. The van der Waals surface area contributed by atoms with Crippen molar-refractivity contribution in [2.45, 2.75) is 24.7 Å². The van der Waals surface area contributed by atoms with E-state index in [0.29, 0.717) is 0 Å². The van der Waals surface area contributed by atoms with Gasteiger partial charge >= 0.3 is 0 Å². The third-order valence-electron chi connectivity index (χ3n) is 3.49. The monoisotopic (exact) mass is 318 g/mol. The third-order valence-corrected chi connectivity index (χ3v) is 4.87. The summed E-state index contributed by atoms with van der Waals surface area (Å²) in [6, 6.07) is 10.6. The van der Waals surface area contributed by atoms with Crippen LogP contribution >= 0.6 is 27.3 Å². The highest BCUT2D eigenvalue weighted by Gasteiger charge is 2.41. The van der Waals surface area contributed by atoms with Crippen LogP contribution in [0, 0.1) is 11.3 Å². The maximum absolute atomic E-state index is 9.32. The Morgan fingerprint density at radius 1 is 1.39 bits per heavy atom. The van der Waals surface area contributed by atoms with Gasteiger partial charge in [0.1, 0.15) is 10.4 Å². The van der Waals surface area contributed by atoms with Crippen LogP contribution in [-0.2, 0) is 5.41 Å². The Bertz CT molecular complexity index is 623. The van der Waals surface area contributed by atoms with Gasteiger partial charge in [-0.25, -0.2) is 4.98 Å². The van der Waals surface area contributed by atoms with Crippen molar-refractivity contribution < 1.29 is 0 Å². The second-order valence-electron chi connectivity index (χ2n) is 4.60. The quantitative estimate of drug-likeness (QED) is 0.816. The molecule has 1 saturated carbocycles. The first-order valence-corrected chi connectivity index (χ1v) is 7.54. The molecule has 1 fully saturated rings. The lowest BCUT2D eigenvalue weighted by Gasteiger charge is -2.33. The summed E-state index contributed by atoms with van der Waals surface area (Å²) in [5, 5.41) is 12.4. The minimum Gasteiger partial charge on any atom is -0.239 e. The molecule has 0 unspecified atom stereocenters. The highest BCUT2D eigenvalue weighted by Crippen LogP contribution is 2.44. The summed E-state index contributed by atoms with van der Waals surface area (Å²) in [6.45, 7) is 0. The van der Waals surface area contributed by atoms with Crippen LogP contribution in [0.25, 0.3) is 10.6 Å². The number of nitrogens with zero attached hydrogens (tertiary/aromatic N) is 2. The molecule has 2 nitrogen and oxygen atoms in total. The van der Waals surface area contributed by atoms with Crippen molar-refractivity contribution in [3.8, 4) is 16.6 Å². The summed E-state index contributed by atoms with van der Waals surface area (Å²) in [7, 11) is 0. The van der Waals surface area contributed by atoms with E-state index in [2.05, 4.69) is 33.0 Å². The van der Waals surface area contributed by atoms with E-state index in [1.165, 1.54) is 0 Å². The van der Waals surface area contributed by atoms with Gasteiger partial charge in [0.15, 0.2) is 0 Å². The van der Waals surface area contributed by atoms with Crippen LogP contribution in [0.4, 0.5) is 0 Å². The summed E-state index contributed by atoms with van der Waals surface area (Å²) in [6.07, 6.45) is 3.04. The van der Waals surface area contributed by atoms with Crippen molar-refractivity contribution >= 4 is 27.3 Å². The minimum atomic E-state index is -0.305. The zero-order valence-electron chi connectivity index (χ0n) is 9.69. The first kappa shape index (κ1) is 11.9. The van der Waals surface area contributed by atoms with Crippen LogP contribution in [-0.4, -0.2) is 4.98 Å². The molecule has 1 aromatic carbocycles. The van der Waals surface area contributed by atoms with Crippen LogP contribution in [0.2, 0.25) is 0 Å². The molecule has 1 aliphatic carbocycles. The topological polar surface area (TPSA) is 36.7 Å². The molecular formula is C14H11BrN2S. The summed E-state index contributed by atoms with van der Waals surface area (Å²) < 4.78 is 1.05. The van der Waals surface area contributed by atoms with Crippen molar-refractivity contribution in [3.63, 3.8) is 0 Å². The number of hydrogen-bond acceptors (Lipinski definition) is 3. The molecule has 18 heavy (non-hydrogen) atoms. The standard InChI is InChI=1S/C14H11BrN2S/c15-11-4-1-3-10(7-11)13-17-12(8-18-13)14(9-16)5-2-6-14/h1,3-4,7-8H,2,5-6H2. The van der Waals surface area contributed by atoms with E-state index in [1.54, 1.807) is 11.3 Å². The summed E-state index contributed by atoms with van der Waals surface area (Å²) >= 11 is 5.09. The lowest BCUT2D eigenvalue weighted by Crippen LogP contribution is -2.32. The fraction of sp³-hybridized carbons (Fsp3) is 0.286. The predicted octanol–water partition coefficient (Wildman–Crippen LogP) is 4.52. The van der Waals surface area contributed by atoms with Gasteiger partial charge in [-0.05, 0) is 31.4 Å². The molecular weight excluding hydrogens is 308 g/mol. The Balaban J connectivity index is 1.97. The van der Waals surface area contributed by atoms with Gasteiger partial charge in [0.05, 0.1) is 11.8 Å². The second kappa shape index (κ2) is 4.49. The van der Waals surface area contributed by atoms with E-state index >= 15 is 0 Å². The predicted molar refractivity (Wildman–Crippen MR) is 76.4 cm³/mol. The molecule has 0 spiro atoms. The van der Waals surface area contributed by atoms with Crippen molar-refractivity contribution in [1.82, 2.24) is 4.98 Å². The zero-order chi connectivity index (χ0) is 12.6. The number of benzene rings is 1. The average Bonchev–Trinajstić information content (AvgIpc) is 2.78. The van der Waals surface area contributed by atoms with Crippen LogP contribution in [0.15, 0.2) is 34.1 Å². The van der Waals surface area contributed by atoms with Gasteiger partial charge in [-0.2, -0.15) is 5.26 Å². The van der Waals surface area contributed by atoms with Gasteiger partial charge in [0.2, 0.25) is 0 Å². The van der Waals surface area contributed by atoms with Gasteiger partial charge in [-0.15, -0.1) is 11.3 Å². The smallest absolute Gasteiger partial charge is 0.123 e. The van der Waals surface area contributed by atoms with Gasteiger partial charge in [0, 0.05) is 15.4 Å². The van der Waals surface area contributed by atoms with E-state index in [1.807, 2.05) is 23.6 Å².